The van der Waals surface area contributed by atoms with Crippen LogP contribution in [-0.2, 0) is 4.74 Å². The van der Waals surface area contributed by atoms with E-state index in [9.17, 15) is 4.79 Å². The van der Waals surface area contributed by atoms with Crippen LogP contribution in [0.1, 0.15) is 26.3 Å². The Bertz CT molecular complexity index is 994. The SMILES string of the molecule is Cc1ccc(NC(=O)OC(C)(C)C)cc1Oc1ccnc2c(N)cccc12. The van der Waals surface area contributed by atoms with Gasteiger partial charge in [-0.3, -0.25) is 10.3 Å². The average Bonchev–Trinajstić information content (AvgIpc) is 2.57. The molecule has 0 fully saturated rings. The van der Waals surface area contributed by atoms with Crippen LogP contribution in [-0.4, -0.2) is 16.7 Å². The van der Waals surface area contributed by atoms with Crippen LogP contribution in [0.2, 0.25) is 0 Å². The molecule has 0 aliphatic carbocycles. The highest BCUT2D eigenvalue weighted by atomic mass is 16.6. The van der Waals surface area contributed by atoms with Crippen molar-refractivity contribution < 1.29 is 14.3 Å². The summed E-state index contributed by atoms with van der Waals surface area (Å²) >= 11 is 0. The first-order valence-corrected chi connectivity index (χ1v) is 8.65. The van der Waals surface area contributed by atoms with E-state index in [4.69, 9.17) is 15.2 Å². The van der Waals surface area contributed by atoms with E-state index in [-0.39, 0.29) is 0 Å². The van der Waals surface area contributed by atoms with E-state index < -0.39 is 11.7 Å². The number of pyridine rings is 1. The number of para-hydroxylation sites is 1. The number of nitrogen functional groups attached to an aromatic ring is 1. The summed E-state index contributed by atoms with van der Waals surface area (Å²) in [5.41, 5.74) is 8.23. The molecule has 1 heterocycles. The summed E-state index contributed by atoms with van der Waals surface area (Å²) in [6.45, 7) is 7.38. The Morgan fingerprint density at radius 3 is 2.63 bits per heavy atom. The van der Waals surface area contributed by atoms with Gasteiger partial charge in [0.2, 0.25) is 0 Å². The second-order valence-electron chi connectivity index (χ2n) is 7.26. The van der Waals surface area contributed by atoms with Gasteiger partial charge in [-0.05, 0) is 57.5 Å². The maximum absolute atomic E-state index is 12.0. The van der Waals surface area contributed by atoms with Gasteiger partial charge in [-0.1, -0.05) is 12.1 Å². The molecule has 0 spiro atoms. The summed E-state index contributed by atoms with van der Waals surface area (Å²) in [6, 6.07) is 12.8. The Balaban J connectivity index is 1.88. The molecule has 1 aromatic heterocycles. The molecule has 140 valence electrons. The topological polar surface area (TPSA) is 86.5 Å². The predicted molar refractivity (Wildman–Crippen MR) is 107 cm³/mol. The van der Waals surface area contributed by atoms with Crippen LogP contribution in [0.5, 0.6) is 11.5 Å². The van der Waals surface area contributed by atoms with E-state index in [0.717, 1.165) is 10.9 Å². The van der Waals surface area contributed by atoms with Gasteiger partial charge < -0.3 is 15.2 Å². The summed E-state index contributed by atoms with van der Waals surface area (Å²) in [5.74, 6) is 1.27. The van der Waals surface area contributed by atoms with E-state index >= 15 is 0 Å². The number of nitrogens with one attached hydrogen (secondary N) is 1. The van der Waals surface area contributed by atoms with Gasteiger partial charge in [-0.15, -0.1) is 0 Å². The van der Waals surface area contributed by atoms with E-state index in [1.54, 1.807) is 30.5 Å². The number of hydrogen-bond acceptors (Lipinski definition) is 5. The number of carbonyl (C=O) groups excluding carboxylic acids is 1. The molecule has 0 saturated heterocycles. The van der Waals surface area contributed by atoms with Crippen molar-refractivity contribution in [2.75, 3.05) is 11.1 Å². The van der Waals surface area contributed by atoms with Crippen LogP contribution in [0.25, 0.3) is 10.9 Å². The third-order valence-corrected chi connectivity index (χ3v) is 3.82. The summed E-state index contributed by atoms with van der Waals surface area (Å²) in [4.78, 5) is 16.3. The number of benzene rings is 2. The number of aryl methyl sites for hydroxylation is 1. The highest BCUT2D eigenvalue weighted by Gasteiger charge is 2.17. The number of amides is 1. The fourth-order valence-electron chi connectivity index (χ4n) is 2.59. The number of nitrogens with zero attached hydrogens (tertiary/aromatic N) is 1. The zero-order valence-electron chi connectivity index (χ0n) is 15.9. The molecule has 1 amide bonds. The van der Waals surface area contributed by atoms with Crippen LogP contribution in [0.3, 0.4) is 0 Å². The minimum atomic E-state index is -0.565. The van der Waals surface area contributed by atoms with Crippen LogP contribution < -0.4 is 15.8 Å². The highest BCUT2D eigenvalue weighted by molar-refractivity contribution is 5.93. The molecule has 0 bridgehead atoms. The fourth-order valence-corrected chi connectivity index (χ4v) is 2.59. The number of rotatable bonds is 3. The van der Waals surface area contributed by atoms with Crippen molar-refractivity contribution in [3.63, 3.8) is 0 Å². The summed E-state index contributed by atoms with van der Waals surface area (Å²) in [5, 5.41) is 3.55. The lowest BCUT2D eigenvalue weighted by Gasteiger charge is -2.20. The van der Waals surface area contributed by atoms with Crippen molar-refractivity contribution in [2.45, 2.75) is 33.3 Å². The maximum Gasteiger partial charge on any atom is 0.412 e. The quantitative estimate of drug-likeness (QED) is 0.618. The second kappa shape index (κ2) is 7.15. The number of ether oxygens (including phenoxy) is 2. The first kappa shape index (κ1) is 18.5. The van der Waals surface area contributed by atoms with E-state index in [1.807, 2.05) is 45.9 Å². The van der Waals surface area contributed by atoms with Crippen LogP contribution in [0.15, 0.2) is 48.7 Å². The third kappa shape index (κ3) is 4.47. The van der Waals surface area contributed by atoms with Gasteiger partial charge in [-0.2, -0.15) is 0 Å². The molecule has 3 rings (SSSR count). The van der Waals surface area contributed by atoms with Gasteiger partial charge in [0, 0.05) is 23.3 Å². The number of anilines is 2. The first-order chi connectivity index (χ1) is 12.7. The largest absolute Gasteiger partial charge is 0.456 e. The first-order valence-electron chi connectivity index (χ1n) is 8.65. The molecule has 3 N–H and O–H groups in total. The zero-order chi connectivity index (χ0) is 19.6. The van der Waals surface area contributed by atoms with Crippen molar-refractivity contribution in [1.29, 1.82) is 0 Å². The molecule has 6 heteroatoms. The van der Waals surface area contributed by atoms with Gasteiger partial charge in [0.1, 0.15) is 17.1 Å². The lowest BCUT2D eigenvalue weighted by atomic mass is 10.1. The molecule has 0 atom stereocenters. The lowest BCUT2D eigenvalue weighted by Crippen LogP contribution is -2.27. The summed E-state index contributed by atoms with van der Waals surface area (Å²) in [7, 11) is 0. The number of aromatic nitrogens is 1. The second-order valence-corrected chi connectivity index (χ2v) is 7.26. The molecular weight excluding hydrogens is 342 g/mol. The maximum atomic E-state index is 12.0. The lowest BCUT2D eigenvalue weighted by molar-refractivity contribution is 0.0636. The van der Waals surface area contributed by atoms with E-state index in [0.29, 0.717) is 28.4 Å². The number of carbonyl (C=O) groups is 1. The highest BCUT2D eigenvalue weighted by Crippen LogP contribution is 2.33. The van der Waals surface area contributed by atoms with Gasteiger partial charge in [0.25, 0.3) is 0 Å². The number of nitrogens with two attached hydrogens (primary N) is 1. The van der Waals surface area contributed by atoms with Crippen LogP contribution in [0.4, 0.5) is 16.2 Å². The van der Waals surface area contributed by atoms with Gasteiger partial charge >= 0.3 is 6.09 Å². The van der Waals surface area contributed by atoms with Crippen LogP contribution in [0, 0.1) is 6.92 Å². The monoisotopic (exact) mass is 365 g/mol. The van der Waals surface area contributed by atoms with E-state index in [1.165, 1.54) is 0 Å². The van der Waals surface area contributed by atoms with Crippen molar-refractivity contribution >= 4 is 28.4 Å². The van der Waals surface area contributed by atoms with Crippen molar-refractivity contribution in [1.82, 2.24) is 4.98 Å². The third-order valence-electron chi connectivity index (χ3n) is 3.82. The normalized spacial score (nSPS) is 11.3. The molecule has 27 heavy (non-hydrogen) atoms. The molecule has 0 aliphatic rings. The van der Waals surface area contributed by atoms with Gasteiger partial charge in [0.15, 0.2) is 0 Å². The molecule has 0 aliphatic heterocycles. The fraction of sp³-hybridized carbons (Fsp3) is 0.238. The Kier molecular flexibility index (Phi) is 4.90. The predicted octanol–water partition coefficient (Wildman–Crippen LogP) is 5.26. The Labute approximate surface area is 158 Å². The van der Waals surface area contributed by atoms with Crippen LogP contribution >= 0.6 is 0 Å². The molecular formula is C21H23N3O3. The van der Waals surface area contributed by atoms with Gasteiger partial charge in [-0.25, -0.2) is 4.79 Å². The minimum absolute atomic E-state index is 0.514. The van der Waals surface area contributed by atoms with Crippen molar-refractivity contribution in [3.8, 4) is 11.5 Å². The standard InChI is InChI=1S/C21H23N3O3/c1-13-8-9-14(24-20(25)27-21(2,3)4)12-18(13)26-17-10-11-23-19-15(17)6-5-7-16(19)22/h5-12H,22H2,1-4H3,(H,24,25). The molecule has 6 nitrogen and oxygen atoms in total. The van der Waals surface area contributed by atoms with Crippen molar-refractivity contribution in [2.24, 2.45) is 0 Å². The van der Waals surface area contributed by atoms with Crippen molar-refractivity contribution in [3.05, 3.63) is 54.2 Å². The number of fused-ring (bicyclic) bond motifs is 1. The number of hydrogen-bond donors (Lipinski definition) is 2. The molecule has 0 unspecified atom stereocenters. The molecule has 0 radical (unpaired) electrons. The Hall–Kier alpha value is -3.28. The summed E-state index contributed by atoms with van der Waals surface area (Å²) in [6.07, 6.45) is 1.14. The summed E-state index contributed by atoms with van der Waals surface area (Å²) < 4.78 is 11.4. The smallest absolute Gasteiger partial charge is 0.412 e. The minimum Gasteiger partial charge on any atom is -0.456 e. The molecule has 3 aromatic rings. The Morgan fingerprint density at radius 2 is 1.89 bits per heavy atom. The molecule has 2 aromatic carbocycles. The zero-order valence-corrected chi connectivity index (χ0v) is 15.9. The van der Waals surface area contributed by atoms with E-state index in [2.05, 4.69) is 10.3 Å². The average molecular weight is 365 g/mol. The Morgan fingerprint density at radius 1 is 1.11 bits per heavy atom. The van der Waals surface area contributed by atoms with Gasteiger partial charge in [0.05, 0.1) is 11.2 Å². The molecule has 0 saturated carbocycles.